The van der Waals surface area contributed by atoms with E-state index in [1.165, 1.54) is 0 Å². The van der Waals surface area contributed by atoms with E-state index in [9.17, 15) is 9.59 Å². The summed E-state index contributed by atoms with van der Waals surface area (Å²) in [5.41, 5.74) is 0. The number of hydrogen-bond acceptors (Lipinski definition) is 3. The molecule has 1 amide bonds. The van der Waals surface area contributed by atoms with E-state index in [2.05, 4.69) is 12.2 Å². The maximum Gasteiger partial charge on any atom is 0.320 e. The van der Waals surface area contributed by atoms with Crippen LogP contribution in [0.4, 0.5) is 0 Å². The number of carboxylic acids is 1. The maximum atomic E-state index is 11.8. The first-order valence-electron chi connectivity index (χ1n) is 6.18. The summed E-state index contributed by atoms with van der Waals surface area (Å²) in [6, 6.07) is -1.03. The first-order valence-corrected chi connectivity index (χ1v) is 6.18. The van der Waals surface area contributed by atoms with Crippen molar-refractivity contribution in [3.8, 4) is 0 Å². The van der Waals surface area contributed by atoms with Gasteiger partial charge in [0.25, 0.3) is 0 Å². The van der Waals surface area contributed by atoms with Crippen molar-refractivity contribution in [2.45, 2.75) is 52.1 Å². The molecule has 0 saturated carbocycles. The van der Waals surface area contributed by atoms with Gasteiger partial charge in [0, 0.05) is 6.54 Å². The molecule has 0 rings (SSSR count). The Morgan fingerprint density at radius 3 is 2.35 bits per heavy atom. The molecule has 0 aliphatic carbocycles. The number of rotatable bonds is 8. The van der Waals surface area contributed by atoms with Crippen LogP contribution in [0.15, 0.2) is 0 Å². The molecule has 0 saturated heterocycles. The van der Waals surface area contributed by atoms with Gasteiger partial charge in [0.15, 0.2) is 0 Å². The zero-order valence-electron chi connectivity index (χ0n) is 11.2. The quantitative estimate of drug-likeness (QED) is 0.627. The van der Waals surface area contributed by atoms with Crippen LogP contribution in [0.1, 0.15) is 40.0 Å². The van der Waals surface area contributed by atoms with E-state index in [0.29, 0.717) is 13.0 Å². The van der Waals surface area contributed by atoms with Crippen LogP contribution in [0, 0.1) is 0 Å². The number of carbonyl (C=O) groups excluding carboxylic acids is 1. The predicted octanol–water partition coefficient (Wildman–Crippen LogP) is 1.09. The van der Waals surface area contributed by atoms with Crippen molar-refractivity contribution in [2.75, 3.05) is 13.6 Å². The molecule has 0 aromatic heterocycles. The van der Waals surface area contributed by atoms with Crippen molar-refractivity contribution in [2.24, 2.45) is 0 Å². The van der Waals surface area contributed by atoms with E-state index in [4.69, 9.17) is 5.11 Å². The first-order chi connectivity index (χ1) is 7.95. The van der Waals surface area contributed by atoms with E-state index in [-0.39, 0.29) is 5.91 Å². The number of amides is 1. The number of carboxylic acid groups (broad SMARTS) is 1. The molecule has 0 bridgehead atoms. The van der Waals surface area contributed by atoms with Gasteiger partial charge in [-0.3, -0.25) is 14.5 Å². The fraction of sp³-hybridized carbons (Fsp3) is 0.833. The Labute approximate surface area is 103 Å². The highest BCUT2D eigenvalue weighted by molar-refractivity contribution is 5.82. The number of nitrogens with zero attached hydrogens (tertiary/aromatic N) is 1. The van der Waals surface area contributed by atoms with Crippen LogP contribution in [-0.2, 0) is 9.59 Å². The minimum atomic E-state index is -0.886. The average Bonchev–Trinajstić information content (AvgIpc) is 2.28. The molecule has 0 aromatic carbocycles. The number of carbonyl (C=O) groups is 2. The highest BCUT2D eigenvalue weighted by atomic mass is 16.4. The molecule has 0 fully saturated rings. The lowest BCUT2D eigenvalue weighted by atomic mass is 10.1. The number of hydrogen-bond donors (Lipinski definition) is 2. The molecule has 5 nitrogen and oxygen atoms in total. The molecule has 0 aliphatic rings. The number of nitrogens with one attached hydrogen (secondary N) is 1. The normalized spacial score (nSPS) is 14.4. The first kappa shape index (κ1) is 15.9. The van der Waals surface area contributed by atoms with Gasteiger partial charge >= 0.3 is 5.97 Å². The minimum absolute atomic E-state index is 0.111. The zero-order valence-corrected chi connectivity index (χ0v) is 11.2. The number of aliphatic carboxylic acids is 1. The Morgan fingerprint density at radius 2 is 1.94 bits per heavy atom. The second-order valence-electron chi connectivity index (χ2n) is 4.25. The maximum absolute atomic E-state index is 11.8. The van der Waals surface area contributed by atoms with Gasteiger partial charge in [0.1, 0.15) is 6.04 Å². The topological polar surface area (TPSA) is 69.6 Å². The van der Waals surface area contributed by atoms with E-state index in [1.807, 2.05) is 0 Å². The van der Waals surface area contributed by atoms with Gasteiger partial charge in [-0.2, -0.15) is 0 Å². The predicted molar refractivity (Wildman–Crippen MR) is 66.9 cm³/mol. The minimum Gasteiger partial charge on any atom is -0.480 e. The second kappa shape index (κ2) is 8.06. The Kier molecular flexibility index (Phi) is 7.54. The third kappa shape index (κ3) is 5.17. The third-order valence-electron chi connectivity index (χ3n) is 2.98. The zero-order chi connectivity index (χ0) is 13.4. The van der Waals surface area contributed by atoms with Gasteiger partial charge < -0.3 is 10.4 Å². The van der Waals surface area contributed by atoms with Crippen LogP contribution in [0.3, 0.4) is 0 Å². The fourth-order valence-electron chi connectivity index (χ4n) is 1.63. The van der Waals surface area contributed by atoms with E-state index in [1.54, 1.807) is 25.8 Å². The Hall–Kier alpha value is -1.10. The fourth-order valence-corrected chi connectivity index (χ4v) is 1.63. The van der Waals surface area contributed by atoms with Crippen molar-refractivity contribution in [3.63, 3.8) is 0 Å². The summed E-state index contributed by atoms with van der Waals surface area (Å²) >= 11 is 0. The summed E-state index contributed by atoms with van der Waals surface area (Å²) in [6.07, 6.45) is 2.45. The van der Waals surface area contributed by atoms with E-state index < -0.39 is 18.1 Å². The standard InChI is InChI=1S/C12H24N2O3/c1-5-7-8-13-11(15)9(3)14(4)10(6-2)12(16)17/h9-10H,5-8H2,1-4H3,(H,13,15)(H,16,17). The summed E-state index contributed by atoms with van der Waals surface area (Å²) in [5.74, 6) is -0.996. The van der Waals surface area contributed by atoms with E-state index in [0.717, 1.165) is 12.8 Å². The number of unbranched alkanes of at least 4 members (excludes halogenated alkanes) is 1. The molecule has 0 aromatic rings. The summed E-state index contributed by atoms with van der Waals surface area (Å²) < 4.78 is 0. The van der Waals surface area contributed by atoms with Crippen LogP contribution >= 0.6 is 0 Å². The van der Waals surface area contributed by atoms with Gasteiger partial charge in [-0.1, -0.05) is 20.3 Å². The van der Waals surface area contributed by atoms with Crippen molar-refractivity contribution < 1.29 is 14.7 Å². The third-order valence-corrected chi connectivity index (χ3v) is 2.98. The average molecular weight is 244 g/mol. The highest BCUT2D eigenvalue weighted by Gasteiger charge is 2.27. The van der Waals surface area contributed by atoms with E-state index >= 15 is 0 Å². The van der Waals surface area contributed by atoms with Crippen molar-refractivity contribution in [3.05, 3.63) is 0 Å². The molecule has 17 heavy (non-hydrogen) atoms. The van der Waals surface area contributed by atoms with Crippen LogP contribution < -0.4 is 5.32 Å². The molecule has 5 heteroatoms. The van der Waals surface area contributed by atoms with Gasteiger partial charge in [0.05, 0.1) is 6.04 Å². The molecule has 0 aliphatic heterocycles. The van der Waals surface area contributed by atoms with Crippen molar-refractivity contribution in [1.29, 1.82) is 0 Å². The molecule has 0 radical (unpaired) electrons. The van der Waals surface area contributed by atoms with Crippen LogP contribution in [0.2, 0.25) is 0 Å². The van der Waals surface area contributed by atoms with Crippen LogP contribution in [-0.4, -0.2) is 47.6 Å². The molecule has 2 atom stereocenters. The molecule has 0 heterocycles. The summed E-state index contributed by atoms with van der Waals surface area (Å²) in [5, 5.41) is 11.8. The molecule has 100 valence electrons. The van der Waals surface area contributed by atoms with Crippen LogP contribution in [0.25, 0.3) is 0 Å². The van der Waals surface area contributed by atoms with Gasteiger partial charge in [-0.15, -0.1) is 0 Å². The Bertz CT molecular complexity index is 256. The summed E-state index contributed by atoms with van der Waals surface area (Å²) in [6.45, 7) is 6.24. The second-order valence-corrected chi connectivity index (χ2v) is 4.25. The van der Waals surface area contributed by atoms with Crippen LogP contribution in [0.5, 0.6) is 0 Å². The largest absolute Gasteiger partial charge is 0.480 e. The molecule has 2 unspecified atom stereocenters. The lowest BCUT2D eigenvalue weighted by Crippen LogP contribution is -2.50. The summed E-state index contributed by atoms with van der Waals surface area (Å²) in [7, 11) is 1.67. The van der Waals surface area contributed by atoms with Gasteiger partial charge in [0.2, 0.25) is 5.91 Å². The Balaban J connectivity index is 4.31. The van der Waals surface area contributed by atoms with Gasteiger partial charge in [-0.05, 0) is 26.8 Å². The molecule has 0 spiro atoms. The lowest BCUT2D eigenvalue weighted by Gasteiger charge is -2.28. The van der Waals surface area contributed by atoms with Gasteiger partial charge in [-0.25, -0.2) is 0 Å². The monoisotopic (exact) mass is 244 g/mol. The Morgan fingerprint density at radius 1 is 1.35 bits per heavy atom. The highest BCUT2D eigenvalue weighted by Crippen LogP contribution is 2.07. The summed E-state index contributed by atoms with van der Waals surface area (Å²) in [4.78, 5) is 24.3. The SMILES string of the molecule is CCCCNC(=O)C(C)N(C)C(CC)C(=O)O. The molecular formula is C12H24N2O3. The lowest BCUT2D eigenvalue weighted by molar-refractivity contribution is -0.144. The van der Waals surface area contributed by atoms with Crippen molar-refractivity contribution >= 4 is 11.9 Å². The molecular weight excluding hydrogens is 220 g/mol. The number of likely N-dealkylation sites (N-methyl/N-ethyl adjacent to an activating group) is 1. The molecule has 2 N–H and O–H groups in total. The smallest absolute Gasteiger partial charge is 0.320 e. The van der Waals surface area contributed by atoms with Crippen molar-refractivity contribution in [1.82, 2.24) is 10.2 Å².